The van der Waals surface area contributed by atoms with Gasteiger partial charge in [-0.2, -0.15) is 0 Å². The van der Waals surface area contributed by atoms with E-state index in [4.69, 9.17) is 16.7 Å². The van der Waals surface area contributed by atoms with Gasteiger partial charge < -0.3 is 10.4 Å². The van der Waals surface area contributed by atoms with Gasteiger partial charge in [-0.3, -0.25) is 4.79 Å². The summed E-state index contributed by atoms with van der Waals surface area (Å²) >= 11 is 5.68. The Balaban J connectivity index is 2.35. The van der Waals surface area contributed by atoms with E-state index in [0.29, 0.717) is 12.1 Å². The fraction of sp³-hybridized carbons (Fsp3) is 0. The molecule has 2 rings (SSSR count). The first-order valence-electron chi connectivity index (χ1n) is 5.68. The van der Waals surface area contributed by atoms with E-state index in [1.54, 1.807) is 0 Å². The molecular weight excluding hydrogens is 304 g/mol. The monoisotopic (exact) mass is 311 g/mol. The summed E-state index contributed by atoms with van der Waals surface area (Å²) in [7, 11) is 0. The summed E-state index contributed by atoms with van der Waals surface area (Å²) in [6, 6.07) is 7.00. The molecule has 1 amide bonds. The average molecular weight is 312 g/mol. The van der Waals surface area contributed by atoms with Crippen molar-refractivity contribution < 1.29 is 23.5 Å². The molecule has 0 unspecified atom stereocenters. The predicted molar refractivity (Wildman–Crippen MR) is 72.7 cm³/mol. The molecule has 0 saturated heterocycles. The molecule has 0 heterocycles. The Labute approximate surface area is 123 Å². The lowest BCUT2D eigenvalue weighted by atomic mass is 10.1. The smallest absolute Gasteiger partial charge is 0.337 e. The highest BCUT2D eigenvalue weighted by Crippen LogP contribution is 2.22. The summed E-state index contributed by atoms with van der Waals surface area (Å²) in [4.78, 5) is 23.0. The van der Waals surface area contributed by atoms with Crippen LogP contribution in [-0.4, -0.2) is 17.0 Å². The molecule has 0 aliphatic heterocycles. The van der Waals surface area contributed by atoms with Gasteiger partial charge in [-0.25, -0.2) is 13.6 Å². The van der Waals surface area contributed by atoms with Crippen molar-refractivity contribution in [1.29, 1.82) is 0 Å². The SMILES string of the molecule is O=C(Nc1ccccc1C(=O)O)c1cc(F)c(F)cc1Cl. The van der Waals surface area contributed by atoms with E-state index < -0.39 is 23.5 Å². The molecule has 108 valence electrons. The zero-order valence-electron chi connectivity index (χ0n) is 10.4. The molecule has 0 radical (unpaired) electrons. The number of nitrogens with one attached hydrogen (secondary N) is 1. The normalized spacial score (nSPS) is 10.2. The largest absolute Gasteiger partial charge is 0.478 e. The van der Waals surface area contributed by atoms with Crippen LogP contribution in [0.2, 0.25) is 5.02 Å². The summed E-state index contributed by atoms with van der Waals surface area (Å²) in [6.45, 7) is 0. The van der Waals surface area contributed by atoms with Crippen LogP contribution in [0.1, 0.15) is 20.7 Å². The van der Waals surface area contributed by atoms with Crippen molar-refractivity contribution in [3.8, 4) is 0 Å². The second kappa shape index (κ2) is 5.88. The Morgan fingerprint density at radius 3 is 2.33 bits per heavy atom. The lowest BCUT2D eigenvalue weighted by Gasteiger charge is -2.09. The van der Waals surface area contributed by atoms with Crippen molar-refractivity contribution in [2.24, 2.45) is 0 Å². The Kier molecular flexibility index (Phi) is 4.18. The summed E-state index contributed by atoms with van der Waals surface area (Å²) < 4.78 is 26.1. The summed E-state index contributed by atoms with van der Waals surface area (Å²) in [5.41, 5.74) is -0.406. The molecule has 0 saturated carbocycles. The Morgan fingerprint density at radius 1 is 1.05 bits per heavy atom. The Morgan fingerprint density at radius 2 is 1.67 bits per heavy atom. The third kappa shape index (κ3) is 3.17. The van der Waals surface area contributed by atoms with Crippen molar-refractivity contribution in [3.05, 3.63) is 64.2 Å². The van der Waals surface area contributed by atoms with Gasteiger partial charge in [0, 0.05) is 0 Å². The minimum atomic E-state index is -1.23. The third-order valence-corrected chi connectivity index (χ3v) is 2.97. The zero-order chi connectivity index (χ0) is 15.6. The molecule has 0 aromatic heterocycles. The third-order valence-electron chi connectivity index (χ3n) is 2.66. The van der Waals surface area contributed by atoms with Gasteiger partial charge >= 0.3 is 5.97 Å². The molecule has 0 atom stereocenters. The van der Waals surface area contributed by atoms with Gasteiger partial charge in [-0.1, -0.05) is 23.7 Å². The lowest BCUT2D eigenvalue weighted by molar-refractivity contribution is 0.0698. The minimum Gasteiger partial charge on any atom is -0.478 e. The van der Waals surface area contributed by atoms with E-state index >= 15 is 0 Å². The molecular formula is C14H8ClF2NO3. The summed E-state index contributed by atoms with van der Waals surface area (Å²) in [5.74, 6) is -4.48. The average Bonchev–Trinajstić information content (AvgIpc) is 2.43. The van der Waals surface area contributed by atoms with Gasteiger partial charge in [-0.05, 0) is 24.3 Å². The van der Waals surface area contributed by atoms with Gasteiger partial charge in [0.15, 0.2) is 11.6 Å². The van der Waals surface area contributed by atoms with Crippen LogP contribution in [0.15, 0.2) is 36.4 Å². The van der Waals surface area contributed by atoms with Gasteiger partial charge in [0.25, 0.3) is 5.91 Å². The van der Waals surface area contributed by atoms with Gasteiger partial charge in [-0.15, -0.1) is 0 Å². The number of amides is 1. The molecule has 0 aliphatic rings. The number of anilines is 1. The van der Waals surface area contributed by atoms with Crippen molar-refractivity contribution in [2.45, 2.75) is 0 Å². The molecule has 2 aromatic carbocycles. The van der Waals surface area contributed by atoms with Crippen molar-refractivity contribution in [1.82, 2.24) is 0 Å². The van der Waals surface area contributed by atoms with Crippen LogP contribution in [-0.2, 0) is 0 Å². The number of carboxylic acid groups (broad SMARTS) is 1. The van der Waals surface area contributed by atoms with Gasteiger partial charge in [0.2, 0.25) is 0 Å². The highest BCUT2D eigenvalue weighted by atomic mass is 35.5. The van der Waals surface area contributed by atoms with E-state index in [-0.39, 0.29) is 21.8 Å². The second-order valence-electron chi connectivity index (χ2n) is 4.05. The van der Waals surface area contributed by atoms with E-state index in [1.165, 1.54) is 24.3 Å². The first kappa shape index (κ1) is 14.9. The molecule has 7 heteroatoms. The van der Waals surface area contributed by atoms with Crippen LogP contribution in [0.3, 0.4) is 0 Å². The number of hydrogen-bond acceptors (Lipinski definition) is 2. The molecule has 0 bridgehead atoms. The number of carbonyl (C=O) groups is 2. The summed E-state index contributed by atoms with van der Waals surface area (Å²) in [6.07, 6.45) is 0. The fourth-order valence-corrected chi connectivity index (χ4v) is 1.90. The standard InChI is InChI=1S/C14H8ClF2NO3/c15-9-6-11(17)10(16)5-8(9)13(19)18-12-4-2-1-3-7(12)14(20)21/h1-6H,(H,18,19)(H,20,21). The first-order valence-corrected chi connectivity index (χ1v) is 6.06. The van der Waals surface area contributed by atoms with Crippen LogP contribution in [0.4, 0.5) is 14.5 Å². The maximum atomic E-state index is 13.2. The predicted octanol–water partition coefficient (Wildman–Crippen LogP) is 3.57. The lowest BCUT2D eigenvalue weighted by Crippen LogP contribution is -2.15. The van der Waals surface area contributed by atoms with Crippen molar-refractivity contribution in [3.63, 3.8) is 0 Å². The molecule has 4 nitrogen and oxygen atoms in total. The number of carbonyl (C=O) groups excluding carboxylic acids is 1. The Bertz CT molecular complexity index is 734. The number of benzene rings is 2. The number of rotatable bonds is 3. The maximum Gasteiger partial charge on any atom is 0.337 e. The van der Waals surface area contributed by atoms with E-state index in [0.717, 1.165) is 0 Å². The van der Waals surface area contributed by atoms with E-state index in [1.807, 2.05) is 0 Å². The van der Waals surface area contributed by atoms with Crippen molar-refractivity contribution in [2.75, 3.05) is 5.32 Å². The molecule has 2 aromatic rings. The highest BCUT2D eigenvalue weighted by molar-refractivity contribution is 6.34. The van der Waals surface area contributed by atoms with Crippen LogP contribution in [0, 0.1) is 11.6 Å². The van der Waals surface area contributed by atoms with Crippen LogP contribution < -0.4 is 5.32 Å². The topological polar surface area (TPSA) is 66.4 Å². The fourth-order valence-electron chi connectivity index (χ4n) is 1.66. The number of hydrogen-bond donors (Lipinski definition) is 2. The maximum absolute atomic E-state index is 13.2. The highest BCUT2D eigenvalue weighted by Gasteiger charge is 2.17. The molecule has 2 N–H and O–H groups in total. The number of para-hydroxylation sites is 1. The molecule has 21 heavy (non-hydrogen) atoms. The molecule has 0 aliphatic carbocycles. The van der Waals surface area contributed by atoms with Crippen molar-refractivity contribution >= 4 is 29.2 Å². The zero-order valence-corrected chi connectivity index (χ0v) is 11.1. The first-order chi connectivity index (χ1) is 9.90. The van der Waals surface area contributed by atoms with Gasteiger partial charge in [0.05, 0.1) is 21.8 Å². The number of halogens is 3. The molecule has 0 spiro atoms. The van der Waals surface area contributed by atoms with Crippen LogP contribution >= 0.6 is 11.6 Å². The number of carboxylic acids is 1. The van der Waals surface area contributed by atoms with E-state index in [9.17, 15) is 18.4 Å². The van der Waals surface area contributed by atoms with Crippen LogP contribution in [0.5, 0.6) is 0 Å². The van der Waals surface area contributed by atoms with Crippen LogP contribution in [0.25, 0.3) is 0 Å². The molecule has 0 fully saturated rings. The Hall–Kier alpha value is -2.47. The minimum absolute atomic E-state index is 0.0239. The quantitative estimate of drug-likeness (QED) is 0.852. The second-order valence-corrected chi connectivity index (χ2v) is 4.46. The van der Waals surface area contributed by atoms with E-state index in [2.05, 4.69) is 5.32 Å². The van der Waals surface area contributed by atoms with Gasteiger partial charge in [0.1, 0.15) is 0 Å². The number of aromatic carboxylic acids is 1. The summed E-state index contributed by atoms with van der Waals surface area (Å²) in [5, 5.41) is 11.0.